The molecule has 0 unspecified atom stereocenters. The van der Waals surface area contributed by atoms with Crippen LogP contribution in [0.3, 0.4) is 0 Å². The first kappa shape index (κ1) is 20.7. The first-order valence-electron chi connectivity index (χ1n) is 9.60. The first-order valence-corrected chi connectivity index (χ1v) is 17.1. The standard InChI is InChI=1S/C7H8NO2.3C4H9.Sn/c1-2-6-4-3-5-8(6)7(9)10;3*1-3-4-2;/h6H,3-5H2,(H,9,10);3*1,3-4H2,2H3;/t6-;;;;/m1..../s1. The van der Waals surface area contributed by atoms with Gasteiger partial charge in [0.2, 0.25) is 0 Å². The second-order valence-electron chi connectivity index (χ2n) is 6.99. The second-order valence-corrected chi connectivity index (χ2v) is 19.3. The molecule has 0 aromatic carbocycles. The molecule has 1 saturated heterocycles. The molecule has 0 radical (unpaired) electrons. The zero-order chi connectivity index (χ0) is 17.1. The number of hydrogen-bond acceptors (Lipinski definition) is 1. The Hall–Kier alpha value is -0.371. The molecule has 0 bridgehead atoms. The van der Waals surface area contributed by atoms with Gasteiger partial charge in [-0.1, -0.05) is 0 Å². The van der Waals surface area contributed by atoms with Crippen LogP contribution >= 0.6 is 0 Å². The van der Waals surface area contributed by atoms with Gasteiger partial charge >= 0.3 is 147 Å². The molecule has 0 aromatic heterocycles. The van der Waals surface area contributed by atoms with Crippen LogP contribution in [0.4, 0.5) is 4.79 Å². The summed E-state index contributed by atoms with van der Waals surface area (Å²) in [4.78, 5) is 12.9. The van der Waals surface area contributed by atoms with Crippen LogP contribution in [-0.2, 0) is 0 Å². The third kappa shape index (κ3) is 6.95. The van der Waals surface area contributed by atoms with E-state index in [1.54, 1.807) is 4.90 Å². The van der Waals surface area contributed by atoms with Crippen molar-refractivity contribution >= 4 is 24.5 Å². The fraction of sp³-hybridized carbons (Fsp3) is 0.842. The molecule has 0 aliphatic carbocycles. The molecule has 1 fully saturated rings. The normalized spacial score (nSPS) is 17.9. The zero-order valence-electron chi connectivity index (χ0n) is 15.4. The Morgan fingerprint density at radius 2 is 1.61 bits per heavy atom. The number of rotatable bonds is 9. The van der Waals surface area contributed by atoms with Gasteiger partial charge in [0.1, 0.15) is 0 Å². The van der Waals surface area contributed by atoms with Crippen LogP contribution in [-0.4, -0.2) is 47.1 Å². The topological polar surface area (TPSA) is 40.5 Å². The van der Waals surface area contributed by atoms with E-state index in [0.29, 0.717) is 6.54 Å². The van der Waals surface area contributed by atoms with Crippen LogP contribution < -0.4 is 0 Å². The predicted octanol–water partition coefficient (Wildman–Crippen LogP) is 5.52. The predicted molar refractivity (Wildman–Crippen MR) is 100 cm³/mol. The van der Waals surface area contributed by atoms with Crippen LogP contribution in [0.2, 0.25) is 13.3 Å². The molecule has 1 N–H and O–H groups in total. The minimum atomic E-state index is -2.43. The molecule has 1 amide bonds. The molecule has 1 atom stereocenters. The van der Waals surface area contributed by atoms with Crippen molar-refractivity contribution in [2.24, 2.45) is 0 Å². The molecule has 23 heavy (non-hydrogen) atoms. The zero-order valence-corrected chi connectivity index (χ0v) is 18.2. The van der Waals surface area contributed by atoms with E-state index in [4.69, 9.17) is 0 Å². The summed E-state index contributed by atoms with van der Waals surface area (Å²) in [5.74, 6) is 3.47. The minimum absolute atomic E-state index is 0.0338. The SMILES string of the molecule is CCC[CH2][Sn]([C]#C[C@@H]1CCCN1C(=O)O)([CH2]CCC)[CH2]CCC. The third-order valence-electron chi connectivity index (χ3n) is 5.03. The van der Waals surface area contributed by atoms with E-state index in [1.165, 1.54) is 51.8 Å². The van der Waals surface area contributed by atoms with Crippen molar-refractivity contribution in [3.05, 3.63) is 0 Å². The van der Waals surface area contributed by atoms with E-state index in [1.807, 2.05) is 0 Å². The van der Waals surface area contributed by atoms with E-state index in [9.17, 15) is 9.90 Å². The number of nitrogens with zero attached hydrogens (tertiary/aromatic N) is 1. The summed E-state index contributed by atoms with van der Waals surface area (Å²) in [7, 11) is 0. The Balaban J connectivity index is 2.92. The van der Waals surface area contributed by atoms with Crippen molar-refractivity contribution in [2.45, 2.75) is 91.5 Å². The number of unbranched alkanes of at least 4 members (excludes halogenated alkanes) is 3. The van der Waals surface area contributed by atoms with Gasteiger partial charge in [0, 0.05) is 0 Å². The number of likely N-dealkylation sites (tertiary alicyclic amines) is 1. The summed E-state index contributed by atoms with van der Waals surface area (Å²) in [6, 6.07) is -0.0338. The van der Waals surface area contributed by atoms with Gasteiger partial charge in [0.05, 0.1) is 0 Å². The number of carboxylic acid groups (broad SMARTS) is 1. The Morgan fingerprint density at radius 1 is 1.09 bits per heavy atom. The van der Waals surface area contributed by atoms with E-state index < -0.39 is 24.5 Å². The molecule has 3 nitrogen and oxygen atoms in total. The quantitative estimate of drug-likeness (QED) is 0.388. The summed E-state index contributed by atoms with van der Waals surface area (Å²) in [5.41, 5.74) is 0. The van der Waals surface area contributed by atoms with E-state index in [0.717, 1.165) is 12.8 Å². The number of hydrogen-bond donors (Lipinski definition) is 1. The summed E-state index contributed by atoms with van der Waals surface area (Å²) in [6.07, 6.45) is 8.79. The Morgan fingerprint density at radius 3 is 2.04 bits per heavy atom. The molecule has 1 heterocycles. The van der Waals surface area contributed by atoms with Crippen molar-refractivity contribution in [3.63, 3.8) is 0 Å². The van der Waals surface area contributed by atoms with E-state index in [-0.39, 0.29) is 6.04 Å². The molecule has 1 rings (SSSR count). The molecule has 132 valence electrons. The van der Waals surface area contributed by atoms with Gasteiger partial charge in [-0.2, -0.15) is 0 Å². The Kier molecular flexibility index (Phi) is 10.1. The van der Waals surface area contributed by atoms with Crippen LogP contribution in [0.5, 0.6) is 0 Å². The van der Waals surface area contributed by atoms with Crippen molar-refractivity contribution in [1.82, 2.24) is 4.90 Å². The average Bonchev–Trinajstić information content (AvgIpc) is 3.02. The van der Waals surface area contributed by atoms with Gasteiger partial charge in [-0.3, -0.25) is 0 Å². The molecule has 0 saturated carbocycles. The van der Waals surface area contributed by atoms with Crippen LogP contribution in [0, 0.1) is 9.86 Å². The van der Waals surface area contributed by atoms with Crippen LogP contribution in [0.1, 0.15) is 72.1 Å². The van der Waals surface area contributed by atoms with Crippen LogP contribution in [0.15, 0.2) is 0 Å². The van der Waals surface area contributed by atoms with Gasteiger partial charge in [-0.25, -0.2) is 0 Å². The average molecular weight is 428 g/mol. The number of amides is 1. The maximum absolute atomic E-state index is 11.3. The molecular formula is C19H35NO2Sn. The molecule has 4 heteroatoms. The third-order valence-corrected chi connectivity index (χ3v) is 18.2. The van der Waals surface area contributed by atoms with Gasteiger partial charge < -0.3 is 0 Å². The summed E-state index contributed by atoms with van der Waals surface area (Å²) < 4.78 is 7.94. The van der Waals surface area contributed by atoms with Gasteiger partial charge in [0.25, 0.3) is 0 Å². The van der Waals surface area contributed by atoms with Crippen molar-refractivity contribution < 1.29 is 9.90 Å². The van der Waals surface area contributed by atoms with Crippen molar-refractivity contribution in [1.29, 1.82) is 0 Å². The summed E-state index contributed by atoms with van der Waals surface area (Å²) in [5, 5.41) is 9.31. The van der Waals surface area contributed by atoms with Crippen molar-refractivity contribution in [3.8, 4) is 9.86 Å². The van der Waals surface area contributed by atoms with Crippen molar-refractivity contribution in [2.75, 3.05) is 6.54 Å². The first-order chi connectivity index (χ1) is 11.1. The monoisotopic (exact) mass is 429 g/mol. The summed E-state index contributed by atoms with van der Waals surface area (Å²) >= 11 is -2.43. The van der Waals surface area contributed by atoms with E-state index >= 15 is 0 Å². The molecule has 0 aromatic rings. The van der Waals surface area contributed by atoms with Gasteiger partial charge in [-0.15, -0.1) is 0 Å². The fourth-order valence-corrected chi connectivity index (χ4v) is 16.9. The van der Waals surface area contributed by atoms with E-state index in [2.05, 4.69) is 30.6 Å². The molecule has 1 aliphatic rings. The maximum atomic E-state index is 11.3. The van der Waals surface area contributed by atoms with Crippen LogP contribution in [0.25, 0.3) is 0 Å². The summed E-state index contributed by atoms with van der Waals surface area (Å²) in [6.45, 7) is 7.47. The van der Waals surface area contributed by atoms with Gasteiger partial charge in [0.15, 0.2) is 0 Å². The van der Waals surface area contributed by atoms with Gasteiger partial charge in [-0.05, 0) is 0 Å². The second kappa shape index (κ2) is 11.2. The number of carbonyl (C=O) groups is 1. The Bertz CT molecular complexity index is 392. The fourth-order valence-electron chi connectivity index (χ4n) is 3.49. The molecular weight excluding hydrogens is 393 g/mol. The molecule has 0 spiro atoms. The Labute approximate surface area is 147 Å². The molecule has 1 aliphatic heterocycles.